The van der Waals surface area contributed by atoms with E-state index in [0.29, 0.717) is 0 Å². The van der Waals surface area contributed by atoms with Crippen LogP contribution in [0.15, 0.2) is 21.9 Å². The standard InChI is InChI=1S/C16H21FN2O7/c1-8(2)13(21)23-7-16(17)11-10(24-15(3,4)25-11)12(26-16)19-6-5-9(20)18-14(19)22/h5-6,8,10-12H,7H2,1-4H3,(H,18,20,22)/t10-,11+,12-,16-/m1/s1. The fraction of sp³-hybridized carbons (Fsp3) is 0.688. The summed E-state index contributed by atoms with van der Waals surface area (Å²) < 4.78 is 38.2. The Bertz CT molecular complexity index is 817. The van der Waals surface area contributed by atoms with E-state index in [0.717, 1.165) is 10.6 Å². The van der Waals surface area contributed by atoms with Crippen molar-refractivity contribution in [1.29, 1.82) is 0 Å². The van der Waals surface area contributed by atoms with Crippen LogP contribution >= 0.6 is 0 Å². The molecule has 26 heavy (non-hydrogen) atoms. The second-order valence-corrected chi connectivity index (χ2v) is 7.10. The molecule has 10 heteroatoms. The van der Waals surface area contributed by atoms with E-state index in [-0.39, 0.29) is 0 Å². The molecule has 2 aliphatic heterocycles. The van der Waals surface area contributed by atoms with Crippen molar-refractivity contribution in [2.45, 2.75) is 57.8 Å². The summed E-state index contributed by atoms with van der Waals surface area (Å²) in [7, 11) is 0. The molecule has 4 atom stereocenters. The summed E-state index contributed by atoms with van der Waals surface area (Å²) in [6.07, 6.45) is -2.21. The number of alkyl halides is 1. The van der Waals surface area contributed by atoms with Gasteiger partial charge in [-0.2, -0.15) is 0 Å². The lowest BCUT2D eigenvalue weighted by atomic mass is 10.1. The summed E-state index contributed by atoms with van der Waals surface area (Å²) in [6, 6.07) is 1.11. The van der Waals surface area contributed by atoms with E-state index >= 15 is 4.39 Å². The molecule has 0 unspecified atom stereocenters. The number of halogens is 1. The highest BCUT2D eigenvalue weighted by molar-refractivity contribution is 5.71. The molecule has 0 spiro atoms. The monoisotopic (exact) mass is 372 g/mol. The smallest absolute Gasteiger partial charge is 0.330 e. The third kappa shape index (κ3) is 3.31. The molecule has 9 nitrogen and oxygen atoms in total. The van der Waals surface area contributed by atoms with Crippen LogP contribution in [-0.4, -0.2) is 46.0 Å². The third-order valence-corrected chi connectivity index (χ3v) is 4.16. The summed E-state index contributed by atoms with van der Waals surface area (Å²) in [5.41, 5.74) is -1.37. The van der Waals surface area contributed by atoms with Crippen LogP contribution in [0.25, 0.3) is 0 Å². The number of esters is 1. The lowest BCUT2D eigenvalue weighted by Gasteiger charge is -2.28. The minimum atomic E-state index is -2.51. The number of carbonyl (C=O) groups is 1. The Morgan fingerprint density at radius 3 is 2.65 bits per heavy atom. The summed E-state index contributed by atoms with van der Waals surface area (Å²) in [5.74, 6) is -4.66. The molecule has 1 aromatic heterocycles. The zero-order chi connectivity index (χ0) is 19.3. The average molecular weight is 372 g/mol. The van der Waals surface area contributed by atoms with Gasteiger partial charge >= 0.3 is 11.7 Å². The average Bonchev–Trinajstić information content (AvgIpc) is 2.98. The first-order valence-corrected chi connectivity index (χ1v) is 8.23. The van der Waals surface area contributed by atoms with Gasteiger partial charge in [-0.25, -0.2) is 9.18 Å². The van der Waals surface area contributed by atoms with Crippen molar-refractivity contribution >= 4 is 5.97 Å². The van der Waals surface area contributed by atoms with E-state index in [9.17, 15) is 14.4 Å². The Labute approximate surface area is 148 Å². The van der Waals surface area contributed by atoms with E-state index in [2.05, 4.69) is 4.98 Å². The zero-order valence-electron chi connectivity index (χ0n) is 14.9. The largest absolute Gasteiger partial charge is 0.459 e. The van der Waals surface area contributed by atoms with Crippen molar-refractivity contribution in [3.8, 4) is 0 Å². The molecule has 1 aromatic rings. The van der Waals surface area contributed by atoms with Gasteiger partial charge in [0.25, 0.3) is 11.4 Å². The Hall–Kier alpha value is -2.04. The van der Waals surface area contributed by atoms with Gasteiger partial charge in [-0.05, 0) is 13.8 Å². The predicted molar refractivity (Wildman–Crippen MR) is 84.9 cm³/mol. The first kappa shape index (κ1) is 18.7. The maximum absolute atomic E-state index is 15.5. The zero-order valence-corrected chi connectivity index (χ0v) is 14.9. The van der Waals surface area contributed by atoms with Gasteiger partial charge in [-0.1, -0.05) is 13.8 Å². The number of aromatic nitrogens is 2. The molecule has 3 rings (SSSR count). The van der Waals surface area contributed by atoms with E-state index < -0.39 is 59.8 Å². The lowest BCUT2D eigenvalue weighted by molar-refractivity contribution is -0.267. The molecule has 2 saturated heterocycles. The summed E-state index contributed by atoms with van der Waals surface area (Å²) in [5, 5.41) is 0. The Morgan fingerprint density at radius 2 is 2.04 bits per heavy atom. The molecule has 144 valence electrons. The van der Waals surface area contributed by atoms with Gasteiger partial charge in [0.2, 0.25) is 0 Å². The highest BCUT2D eigenvalue weighted by atomic mass is 19.2. The maximum Gasteiger partial charge on any atom is 0.330 e. The number of H-pyrrole nitrogens is 1. The SMILES string of the molecule is CC(C)C(=O)OC[C@@]1(F)O[C@@H](n2ccc(=O)[nH]c2=O)[C@@H]2OC(C)(C)O[C@@H]21. The number of hydrogen-bond acceptors (Lipinski definition) is 7. The molecule has 0 aromatic carbocycles. The second kappa shape index (κ2) is 6.29. The van der Waals surface area contributed by atoms with Gasteiger partial charge in [-0.15, -0.1) is 0 Å². The van der Waals surface area contributed by atoms with Crippen molar-refractivity contribution in [3.63, 3.8) is 0 Å². The Morgan fingerprint density at radius 1 is 1.35 bits per heavy atom. The first-order valence-electron chi connectivity index (χ1n) is 8.23. The quantitative estimate of drug-likeness (QED) is 0.765. The Kier molecular flexibility index (Phi) is 4.53. The minimum Gasteiger partial charge on any atom is -0.459 e. The van der Waals surface area contributed by atoms with Crippen molar-refractivity contribution in [2.24, 2.45) is 5.92 Å². The predicted octanol–water partition coefficient (Wildman–Crippen LogP) is 0.451. The van der Waals surface area contributed by atoms with Gasteiger partial charge in [0.1, 0.15) is 6.10 Å². The van der Waals surface area contributed by atoms with E-state index in [4.69, 9.17) is 18.9 Å². The third-order valence-electron chi connectivity index (χ3n) is 4.16. The van der Waals surface area contributed by atoms with Crippen LogP contribution in [0.1, 0.15) is 33.9 Å². The van der Waals surface area contributed by atoms with Crippen LogP contribution < -0.4 is 11.2 Å². The van der Waals surface area contributed by atoms with Crippen LogP contribution in [0.5, 0.6) is 0 Å². The van der Waals surface area contributed by atoms with Gasteiger partial charge in [0.05, 0.1) is 5.92 Å². The van der Waals surface area contributed by atoms with Crippen molar-refractivity contribution in [1.82, 2.24) is 9.55 Å². The van der Waals surface area contributed by atoms with E-state index in [1.165, 1.54) is 6.20 Å². The summed E-state index contributed by atoms with van der Waals surface area (Å²) in [6.45, 7) is 5.72. The highest BCUT2D eigenvalue weighted by Gasteiger charge is 2.65. The van der Waals surface area contributed by atoms with Gasteiger partial charge < -0.3 is 18.9 Å². The van der Waals surface area contributed by atoms with Crippen molar-refractivity contribution in [3.05, 3.63) is 33.1 Å². The molecule has 3 heterocycles. The maximum atomic E-state index is 15.5. The number of nitrogens with one attached hydrogen (secondary N) is 1. The molecular formula is C16H21FN2O7. The molecule has 2 aliphatic rings. The second-order valence-electron chi connectivity index (χ2n) is 7.10. The number of nitrogens with zero attached hydrogens (tertiary/aromatic N) is 1. The molecule has 2 fully saturated rings. The topological polar surface area (TPSA) is 109 Å². The highest BCUT2D eigenvalue weighted by Crippen LogP contribution is 2.48. The number of ether oxygens (including phenoxy) is 4. The van der Waals surface area contributed by atoms with Gasteiger partial charge in [0.15, 0.2) is 24.7 Å². The summed E-state index contributed by atoms with van der Waals surface area (Å²) >= 11 is 0. The molecule has 1 N–H and O–H groups in total. The number of carbonyl (C=O) groups excluding carboxylic acids is 1. The van der Waals surface area contributed by atoms with E-state index in [1.807, 2.05) is 0 Å². The molecule has 0 radical (unpaired) electrons. The summed E-state index contributed by atoms with van der Waals surface area (Å²) in [4.78, 5) is 37.1. The van der Waals surface area contributed by atoms with Gasteiger partial charge in [-0.3, -0.25) is 19.1 Å². The number of fused-ring (bicyclic) bond motifs is 1. The van der Waals surface area contributed by atoms with E-state index in [1.54, 1.807) is 27.7 Å². The first-order chi connectivity index (χ1) is 12.0. The van der Waals surface area contributed by atoms with Crippen LogP contribution in [0.2, 0.25) is 0 Å². The van der Waals surface area contributed by atoms with Crippen LogP contribution in [-0.2, 0) is 23.7 Å². The van der Waals surface area contributed by atoms with Gasteiger partial charge in [0, 0.05) is 12.3 Å². The molecular weight excluding hydrogens is 351 g/mol. The van der Waals surface area contributed by atoms with Crippen molar-refractivity contribution in [2.75, 3.05) is 6.61 Å². The molecule has 0 amide bonds. The van der Waals surface area contributed by atoms with Crippen molar-refractivity contribution < 1.29 is 28.1 Å². The fourth-order valence-electron chi connectivity index (χ4n) is 2.96. The number of rotatable bonds is 4. The lowest BCUT2D eigenvalue weighted by Crippen LogP contribution is -2.44. The normalized spacial score (nSPS) is 32.6. The minimum absolute atomic E-state index is 0.439. The molecule has 0 bridgehead atoms. The van der Waals surface area contributed by atoms with Crippen LogP contribution in [0.4, 0.5) is 4.39 Å². The number of hydrogen-bond donors (Lipinski definition) is 1. The number of aromatic amines is 1. The molecule has 0 aliphatic carbocycles. The Balaban J connectivity index is 1.92. The molecule has 0 saturated carbocycles. The fourth-order valence-corrected chi connectivity index (χ4v) is 2.96. The van der Waals surface area contributed by atoms with Crippen LogP contribution in [0.3, 0.4) is 0 Å². The van der Waals surface area contributed by atoms with Crippen LogP contribution in [0, 0.1) is 5.92 Å².